The zero-order valence-electron chi connectivity index (χ0n) is 10.9. The van der Waals surface area contributed by atoms with Crippen LogP contribution in [0.4, 0.5) is 0 Å². The van der Waals surface area contributed by atoms with Crippen LogP contribution in [0.3, 0.4) is 0 Å². The summed E-state index contributed by atoms with van der Waals surface area (Å²) in [4.78, 5) is 11.8. The molecule has 2 nitrogen and oxygen atoms in total. The van der Waals surface area contributed by atoms with E-state index in [0.29, 0.717) is 5.92 Å². The summed E-state index contributed by atoms with van der Waals surface area (Å²) < 4.78 is 0. The molecule has 0 aromatic rings. The molecule has 0 heterocycles. The van der Waals surface area contributed by atoms with Gasteiger partial charge in [-0.3, -0.25) is 4.79 Å². The van der Waals surface area contributed by atoms with E-state index in [1.807, 2.05) is 0 Å². The predicted octanol–water partition coefficient (Wildman–Crippen LogP) is 4.38. The quantitative estimate of drug-likeness (QED) is 0.725. The second-order valence-corrected chi connectivity index (χ2v) is 6.06. The Labute approximate surface area is 105 Å². The fourth-order valence-corrected chi connectivity index (χ4v) is 3.99. The van der Waals surface area contributed by atoms with E-state index in [4.69, 9.17) is 0 Å². The number of hydrogen-bond donors (Lipinski definition) is 1. The summed E-state index contributed by atoms with van der Waals surface area (Å²) in [7, 11) is 0. The van der Waals surface area contributed by atoms with Crippen LogP contribution in [-0.4, -0.2) is 11.1 Å². The van der Waals surface area contributed by atoms with Crippen molar-refractivity contribution in [1.82, 2.24) is 0 Å². The van der Waals surface area contributed by atoms with Gasteiger partial charge in [0.15, 0.2) is 0 Å². The van der Waals surface area contributed by atoms with Crippen LogP contribution in [0.5, 0.6) is 0 Å². The predicted molar refractivity (Wildman–Crippen MR) is 69.0 cm³/mol. The summed E-state index contributed by atoms with van der Waals surface area (Å²) in [6.07, 6.45) is 14.0. The third-order valence-electron chi connectivity index (χ3n) is 5.06. The molecule has 2 fully saturated rings. The maximum absolute atomic E-state index is 11.8. The van der Waals surface area contributed by atoms with Crippen LogP contribution in [0.1, 0.15) is 77.0 Å². The molecule has 2 heteroatoms. The monoisotopic (exact) mass is 238 g/mol. The maximum atomic E-state index is 11.8. The first-order chi connectivity index (χ1) is 8.26. The van der Waals surface area contributed by atoms with Crippen molar-refractivity contribution in [1.29, 1.82) is 0 Å². The van der Waals surface area contributed by atoms with Crippen LogP contribution in [0.2, 0.25) is 0 Å². The normalized spacial score (nSPS) is 27.1. The van der Waals surface area contributed by atoms with Crippen molar-refractivity contribution >= 4 is 5.97 Å². The van der Waals surface area contributed by atoms with Gasteiger partial charge in [0.2, 0.25) is 0 Å². The fourth-order valence-electron chi connectivity index (χ4n) is 3.99. The fraction of sp³-hybridized carbons (Fsp3) is 0.933. The standard InChI is InChI=1S/C15H26O2/c16-14(17)15(11-7-3-4-8-12-15)13-9-5-1-2-6-10-13/h13H,1-12H2,(H,16,17). The van der Waals surface area contributed by atoms with E-state index >= 15 is 0 Å². The summed E-state index contributed by atoms with van der Waals surface area (Å²) in [5, 5.41) is 9.76. The molecule has 2 saturated carbocycles. The molecular formula is C15H26O2. The lowest BCUT2D eigenvalue weighted by Crippen LogP contribution is -2.38. The molecule has 0 radical (unpaired) electrons. The molecule has 0 bridgehead atoms. The van der Waals surface area contributed by atoms with Crippen molar-refractivity contribution < 1.29 is 9.90 Å². The number of rotatable bonds is 2. The first-order valence-corrected chi connectivity index (χ1v) is 7.49. The van der Waals surface area contributed by atoms with Crippen LogP contribution in [-0.2, 0) is 4.79 Å². The van der Waals surface area contributed by atoms with Gasteiger partial charge in [0.05, 0.1) is 5.41 Å². The number of carbonyl (C=O) groups is 1. The van der Waals surface area contributed by atoms with E-state index in [2.05, 4.69) is 0 Å². The zero-order valence-corrected chi connectivity index (χ0v) is 10.9. The van der Waals surface area contributed by atoms with Gasteiger partial charge in [0, 0.05) is 0 Å². The van der Waals surface area contributed by atoms with Crippen molar-refractivity contribution in [3.05, 3.63) is 0 Å². The molecule has 0 atom stereocenters. The van der Waals surface area contributed by atoms with Gasteiger partial charge in [0.1, 0.15) is 0 Å². The maximum Gasteiger partial charge on any atom is 0.309 e. The van der Waals surface area contributed by atoms with Crippen molar-refractivity contribution in [2.45, 2.75) is 77.0 Å². The topological polar surface area (TPSA) is 37.3 Å². The SMILES string of the molecule is O=C(O)C1(C2CCCCCC2)CCCCCC1. The van der Waals surface area contributed by atoms with Crippen molar-refractivity contribution in [3.8, 4) is 0 Å². The average molecular weight is 238 g/mol. The molecular weight excluding hydrogens is 212 g/mol. The Balaban J connectivity index is 2.15. The Bertz CT molecular complexity index is 244. The molecule has 0 amide bonds. The third kappa shape index (κ3) is 2.83. The van der Waals surface area contributed by atoms with E-state index in [-0.39, 0.29) is 5.41 Å². The van der Waals surface area contributed by atoms with Gasteiger partial charge in [-0.2, -0.15) is 0 Å². The van der Waals surface area contributed by atoms with Crippen LogP contribution in [0.25, 0.3) is 0 Å². The Morgan fingerprint density at radius 1 is 0.824 bits per heavy atom. The minimum absolute atomic E-state index is 0.360. The molecule has 0 spiro atoms. The Hall–Kier alpha value is -0.530. The van der Waals surface area contributed by atoms with Gasteiger partial charge < -0.3 is 5.11 Å². The lowest BCUT2D eigenvalue weighted by molar-refractivity contribution is -0.154. The lowest BCUT2D eigenvalue weighted by Gasteiger charge is -2.36. The van der Waals surface area contributed by atoms with Gasteiger partial charge in [-0.1, -0.05) is 51.4 Å². The molecule has 98 valence electrons. The Kier molecular flexibility index (Phi) is 4.47. The largest absolute Gasteiger partial charge is 0.481 e. The zero-order chi connectivity index (χ0) is 12.1. The molecule has 0 saturated heterocycles. The average Bonchev–Trinajstić information content (AvgIpc) is 2.72. The summed E-state index contributed by atoms with van der Waals surface area (Å²) in [5.41, 5.74) is -0.360. The first kappa shape index (κ1) is 12.9. The lowest BCUT2D eigenvalue weighted by atomic mass is 9.67. The van der Waals surface area contributed by atoms with Crippen LogP contribution in [0.15, 0.2) is 0 Å². The van der Waals surface area contributed by atoms with Crippen LogP contribution in [0, 0.1) is 11.3 Å². The first-order valence-electron chi connectivity index (χ1n) is 7.49. The van der Waals surface area contributed by atoms with Crippen molar-refractivity contribution in [2.75, 3.05) is 0 Å². The molecule has 0 unspecified atom stereocenters. The number of hydrogen-bond acceptors (Lipinski definition) is 1. The summed E-state index contributed by atoms with van der Waals surface area (Å²) in [6.45, 7) is 0. The van der Waals surface area contributed by atoms with Crippen molar-refractivity contribution in [2.24, 2.45) is 11.3 Å². The number of carboxylic acid groups (broad SMARTS) is 1. The Morgan fingerprint density at radius 3 is 1.76 bits per heavy atom. The van der Waals surface area contributed by atoms with E-state index in [9.17, 15) is 9.90 Å². The van der Waals surface area contributed by atoms with Crippen LogP contribution < -0.4 is 0 Å². The van der Waals surface area contributed by atoms with Gasteiger partial charge in [-0.15, -0.1) is 0 Å². The molecule has 0 aromatic heterocycles. The highest BCUT2D eigenvalue weighted by atomic mass is 16.4. The van der Waals surface area contributed by atoms with Gasteiger partial charge in [-0.05, 0) is 31.6 Å². The molecule has 17 heavy (non-hydrogen) atoms. The van der Waals surface area contributed by atoms with Gasteiger partial charge in [-0.25, -0.2) is 0 Å². The second-order valence-electron chi connectivity index (χ2n) is 6.06. The number of carboxylic acids is 1. The minimum Gasteiger partial charge on any atom is -0.481 e. The highest BCUT2D eigenvalue weighted by Gasteiger charge is 2.45. The summed E-state index contributed by atoms with van der Waals surface area (Å²) in [6, 6.07) is 0. The van der Waals surface area contributed by atoms with E-state index < -0.39 is 5.97 Å². The highest BCUT2D eigenvalue weighted by molar-refractivity contribution is 5.75. The molecule has 2 rings (SSSR count). The molecule has 2 aliphatic rings. The minimum atomic E-state index is -0.494. The van der Waals surface area contributed by atoms with E-state index in [1.54, 1.807) is 0 Å². The smallest absolute Gasteiger partial charge is 0.309 e. The molecule has 0 aromatic carbocycles. The third-order valence-corrected chi connectivity index (χ3v) is 5.06. The van der Waals surface area contributed by atoms with E-state index in [1.165, 1.54) is 38.5 Å². The van der Waals surface area contributed by atoms with Crippen molar-refractivity contribution in [3.63, 3.8) is 0 Å². The second kappa shape index (κ2) is 5.88. The molecule has 1 N–H and O–H groups in total. The van der Waals surface area contributed by atoms with Gasteiger partial charge in [0.25, 0.3) is 0 Å². The molecule has 0 aliphatic heterocycles. The molecule has 2 aliphatic carbocycles. The Morgan fingerprint density at radius 2 is 1.29 bits per heavy atom. The van der Waals surface area contributed by atoms with E-state index in [0.717, 1.165) is 38.5 Å². The van der Waals surface area contributed by atoms with Crippen LogP contribution >= 0.6 is 0 Å². The number of aliphatic carboxylic acids is 1. The highest BCUT2D eigenvalue weighted by Crippen LogP contribution is 2.47. The summed E-state index contributed by atoms with van der Waals surface area (Å²) in [5.74, 6) is -0.0353. The van der Waals surface area contributed by atoms with Gasteiger partial charge >= 0.3 is 5.97 Å². The summed E-state index contributed by atoms with van der Waals surface area (Å²) >= 11 is 0.